The topological polar surface area (TPSA) is 53.5 Å². The molecule has 1 aliphatic heterocycles. The first-order valence-electron chi connectivity index (χ1n) is 5.43. The monoisotopic (exact) mass is 302 g/mol. The Hall–Kier alpha value is -0.720. The minimum Gasteiger partial charge on any atom is -0.489 e. The predicted molar refractivity (Wildman–Crippen MR) is 65.2 cm³/mol. The van der Waals surface area contributed by atoms with Crippen LogP contribution in [0.5, 0.6) is 5.75 Å². The summed E-state index contributed by atoms with van der Waals surface area (Å²) in [6, 6.07) is 0. The molecule has 0 bridgehead atoms. The van der Waals surface area contributed by atoms with Crippen LogP contribution in [-0.2, 0) is 9.47 Å². The number of ether oxygens (including phenoxy) is 3. The van der Waals surface area contributed by atoms with E-state index in [4.69, 9.17) is 14.2 Å². The zero-order valence-electron chi connectivity index (χ0n) is 9.85. The molecule has 2 rings (SSSR count). The van der Waals surface area contributed by atoms with E-state index in [0.717, 1.165) is 5.33 Å². The minimum atomic E-state index is -0.556. The third-order valence-electron chi connectivity index (χ3n) is 2.29. The van der Waals surface area contributed by atoms with Crippen molar-refractivity contribution >= 4 is 15.9 Å². The molecule has 0 saturated carbocycles. The Morgan fingerprint density at radius 1 is 1.47 bits per heavy atom. The van der Waals surface area contributed by atoms with E-state index in [1.54, 1.807) is 12.4 Å². The summed E-state index contributed by atoms with van der Waals surface area (Å²) in [6.07, 6.45) is 3.11. The molecule has 17 heavy (non-hydrogen) atoms. The van der Waals surface area contributed by atoms with Gasteiger partial charge >= 0.3 is 0 Å². The van der Waals surface area contributed by atoms with Crippen molar-refractivity contribution in [2.75, 3.05) is 18.5 Å². The third kappa shape index (κ3) is 3.37. The van der Waals surface area contributed by atoms with Crippen LogP contribution < -0.4 is 4.74 Å². The number of hydrogen-bond acceptors (Lipinski definition) is 5. The molecule has 5 nitrogen and oxygen atoms in total. The lowest BCUT2D eigenvalue weighted by Crippen LogP contribution is -2.20. The SMILES string of the molecule is CC1(C)OCC(c2ncc(OCCBr)cn2)O1. The highest BCUT2D eigenvalue weighted by Gasteiger charge is 2.35. The minimum absolute atomic E-state index is 0.199. The number of aromatic nitrogens is 2. The van der Waals surface area contributed by atoms with Gasteiger partial charge in [-0.05, 0) is 13.8 Å². The fraction of sp³-hybridized carbons (Fsp3) is 0.636. The molecule has 0 aliphatic carbocycles. The molecule has 1 unspecified atom stereocenters. The highest BCUT2D eigenvalue weighted by atomic mass is 79.9. The van der Waals surface area contributed by atoms with Crippen molar-refractivity contribution < 1.29 is 14.2 Å². The summed E-state index contributed by atoms with van der Waals surface area (Å²) in [4.78, 5) is 8.45. The maximum atomic E-state index is 5.66. The average Bonchev–Trinajstić information content (AvgIpc) is 2.68. The van der Waals surface area contributed by atoms with Crippen molar-refractivity contribution in [3.8, 4) is 5.75 Å². The summed E-state index contributed by atoms with van der Waals surface area (Å²) < 4.78 is 16.5. The molecule has 6 heteroatoms. The van der Waals surface area contributed by atoms with E-state index in [2.05, 4.69) is 25.9 Å². The number of nitrogens with zero attached hydrogens (tertiary/aromatic N) is 2. The summed E-state index contributed by atoms with van der Waals surface area (Å²) >= 11 is 3.29. The van der Waals surface area contributed by atoms with Gasteiger partial charge in [-0.3, -0.25) is 0 Å². The van der Waals surface area contributed by atoms with Crippen molar-refractivity contribution in [2.45, 2.75) is 25.7 Å². The number of alkyl halides is 1. The highest BCUT2D eigenvalue weighted by molar-refractivity contribution is 9.09. The quantitative estimate of drug-likeness (QED) is 0.797. The first-order chi connectivity index (χ1) is 8.11. The molecule has 2 heterocycles. The van der Waals surface area contributed by atoms with Crippen LogP contribution in [0.15, 0.2) is 12.4 Å². The molecule has 1 aromatic rings. The van der Waals surface area contributed by atoms with Crippen molar-refractivity contribution in [3.05, 3.63) is 18.2 Å². The maximum Gasteiger partial charge on any atom is 0.164 e. The van der Waals surface area contributed by atoms with Crippen LogP contribution in [0.1, 0.15) is 25.8 Å². The number of rotatable bonds is 4. The van der Waals surface area contributed by atoms with Gasteiger partial charge < -0.3 is 14.2 Å². The summed E-state index contributed by atoms with van der Waals surface area (Å²) in [6.45, 7) is 4.83. The fourth-order valence-corrected chi connectivity index (χ4v) is 1.70. The largest absolute Gasteiger partial charge is 0.489 e. The van der Waals surface area contributed by atoms with Crippen molar-refractivity contribution in [1.82, 2.24) is 9.97 Å². The van der Waals surface area contributed by atoms with Gasteiger partial charge in [-0.15, -0.1) is 0 Å². The Morgan fingerprint density at radius 2 is 2.18 bits per heavy atom. The summed E-state index contributed by atoms with van der Waals surface area (Å²) in [5.74, 6) is 0.729. The second-order valence-corrected chi connectivity index (χ2v) is 4.92. The summed E-state index contributed by atoms with van der Waals surface area (Å²) in [7, 11) is 0. The van der Waals surface area contributed by atoms with Crippen molar-refractivity contribution in [2.24, 2.45) is 0 Å². The Balaban J connectivity index is 1.98. The van der Waals surface area contributed by atoms with Gasteiger partial charge in [-0.1, -0.05) is 15.9 Å². The molecule has 1 aromatic heterocycles. The molecule has 1 saturated heterocycles. The number of hydrogen-bond donors (Lipinski definition) is 0. The highest BCUT2D eigenvalue weighted by Crippen LogP contribution is 2.31. The molecule has 0 spiro atoms. The normalized spacial score (nSPS) is 22.6. The molecule has 0 N–H and O–H groups in total. The second kappa shape index (κ2) is 5.29. The standard InChI is InChI=1S/C11H15BrN2O3/c1-11(2)16-7-9(17-11)10-13-5-8(6-14-10)15-4-3-12/h5-6,9H,3-4,7H2,1-2H3. The summed E-state index contributed by atoms with van der Waals surface area (Å²) in [5, 5.41) is 0.780. The fourth-order valence-electron chi connectivity index (χ4n) is 1.54. The maximum absolute atomic E-state index is 5.66. The van der Waals surface area contributed by atoms with Gasteiger partial charge in [0.1, 0.15) is 6.10 Å². The van der Waals surface area contributed by atoms with Gasteiger partial charge in [-0.2, -0.15) is 0 Å². The van der Waals surface area contributed by atoms with Crippen molar-refractivity contribution in [1.29, 1.82) is 0 Å². The van der Waals surface area contributed by atoms with Crippen LogP contribution in [0.4, 0.5) is 0 Å². The van der Waals surface area contributed by atoms with Crippen LogP contribution in [0, 0.1) is 0 Å². The lowest BCUT2D eigenvalue weighted by molar-refractivity contribution is -0.139. The van der Waals surface area contributed by atoms with E-state index in [-0.39, 0.29) is 6.10 Å². The zero-order valence-corrected chi connectivity index (χ0v) is 11.4. The van der Waals surface area contributed by atoms with E-state index in [1.165, 1.54) is 0 Å². The molecule has 94 valence electrons. The van der Waals surface area contributed by atoms with Crippen LogP contribution in [0.2, 0.25) is 0 Å². The van der Waals surface area contributed by atoms with Crippen LogP contribution in [0.3, 0.4) is 0 Å². The van der Waals surface area contributed by atoms with Crippen LogP contribution >= 0.6 is 15.9 Å². The zero-order chi connectivity index (χ0) is 12.3. The average molecular weight is 303 g/mol. The molecular weight excluding hydrogens is 288 g/mol. The number of halogens is 1. The Labute approximate surface area is 109 Å². The van der Waals surface area contributed by atoms with Gasteiger partial charge in [0.15, 0.2) is 17.4 Å². The van der Waals surface area contributed by atoms with E-state index < -0.39 is 5.79 Å². The molecule has 1 aliphatic rings. The Bertz CT molecular complexity index is 369. The Morgan fingerprint density at radius 3 is 2.71 bits per heavy atom. The van der Waals surface area contributed by atoms with Gasteiger partial charge in [0.2, 0.25) is 0 Å². The van der Waals surface area contributed by atoms with E-state index in [1.807, 2.05) is 13.8 Å². The van der Waals surface area contributed by atoms with Crippen LogP contribution in [0.25, 0.3) is 0 Å². The predicted octanol–water partition coefficient (Wildman–Crippen LogP) is 2.07. The molecule has 0 amide bonds. The van der Waals surface area contributed by atoms with E-state index >= 15 is 0 Å². The van der Waals surface area contributed by atoms with Crippen molar-refractivity contribution in [3.63, 3.8) is 0 Å². The first kappa shape index (κ1) is 12.7. The lowest BCUT2D eigenvalue weighted by Gasteiger charge is -2.16. The second-order valence-electron chi connectivity index (χ2n) is 4.13. The molecular formula is C11H15BrN2O3. The van der Waals surface area contributed by atoms with Gasteiger partial charge in [0.05, 0.1) is 25.6 Å². The van der Waals surface area contributed by atoms with E-state index in [0.29, 0.717) is 24.8 Å². The van der Waals surface area contributed by atoms with Gasteiger partial charge in [0.25, 0.3) is 0 Å². The molecule has 0 aromatic carbocycles. The van der Waals surface area contributed by atoms with Gasteiger partial charge in [0, 0.05) is 5.33 Å². The molecule has 1 atom stereocenters. The van der Waals surface area contributed by atoms with Crippen LogP contribution in [-0.4, -0.2) is 34.3 Å². The molecule has 0 radical (unpaired) electrons. The Kier molecular flexibility index (Phi) is 3.96. The third-order valence-corrected chi connectivity index (χ3v) is 2.61. The smallest absolute Gasteiger partial charge is 0.164 e. The summed E-state index contributed by atoms with van der Waals surface area (Å²) in [5.41, 5.74) is 0. The lowest BCUT2D eigenvalue weighted by atomic mass is 10.3. The van der Waals surface area contributed by atoms with Gasteiger partial charge in [-0.25, -0.2) is 9.97 Å². The molecule has 1 fully saturated rings. The van der Waals surface area contributed by atoms with E-state index in [9.17, 15) is 0 Å². The first-order valence-corrected chi connectivity index (χ1v) is 6.55.